The predicted molar refractivity (Wildman–Crippen MR) is 92.1 cm³/mol. The summed E-state index contributed by atoms with van der Waals surface area (Å²) < 4.78 is 2.42. The molecule has 7 heteroatoms. The van der Waals surface area contributed by atoms with Gasteiger partial charge in [0.25, 0.3) is 5.91 Å². The lowest BCUT2D eigenvalue weighted by atomic mass is 9.96. The number of rotatable bonds is 6. The highest BCUT2D eigenvalue weighted by atomic mass is 32.1. The molecule has 2 rings (SSSR count). The second-order valence-electron chi connectivity index (χ2n) is 5.97. The van der Waals surface area contributed by atoms with Crippen LogP contribution in [0.3, 0.4) is 0 Å². The third-order valence-electron chi connectivity index (χ3n) is 4.22. The Labute approximate surface area is 142 Å². The Morgan fingerprint density at radius 3 is 2.74 bits per heavy atom. The summed E-state index contributed by atoms with van der Waals surface area (Å²) in [6, 6.07) is 5.39. The Bertz CT molecular complexity index is 518. The molecule has 0 bridgehead atoms. The van der Waals surface area contributed by atoms with E-state index in [1.54, 1.807) is 24.4 Å². The van der Waals surface area contributed by atoms with Crippen LogP contribution in [0.2, 0.25) is 0 Å². The number of carbonyl (C=O) groups excluding carboxylic acids is 2. The quantitative estimate of drug-likeness (QED) is 0.684. The second kappa shape index (κ2) is 8.88. The van der Waals surface area contributed by atoms with E-state index >= 15 is 0 Å². The van der Waals surface area contributed by atoms with Crippen LogP contribution >= 0.6 is 12.8 Å². The zero-order valence-electron chi connectivity index (χ0n) is 13.4. The highest BCUT2D eigenvalue weighted by Gasteiger charge is 2.24. The molecule has 0 aromatic carbocycles. The van der Waals surface area contributed by atoms with E-state index < -0.39 is 0 Å². The van der Waals surface area contributed by atoms with Crippen molar-refractivity contribution >= 4 is 24.6 Å². The number of piperidine rings is 1. The first-order valence-corrected chi connectivity index (χ1v) is 8.43. The van der Waals surface area contributed by atoms with Gasteiger partial charge < -0.3 is 14.9 Å². The summed E-state index contributed by atoms with van der Waals surface area (Å²) in [5.74, 6) is -0.0451. The summed E-state index contributed by atoms with van der Waals surface area (Å²) in [4.78, 5) is 29.9. The van der Waals surface area contributed by atoms with E-state index in [0.717, 1.165) is 38.9 Å². The minimum Gasteiger partial charge on any atom is -0.348 e. The molecule has 0 spiro atoms. The van der Waals surface area contributed by atoms with Gasteiger partial charge in [0, 0.05) is 24.7 Å². The molecular weight excluding hydrogens is 312 g/mol. The van der Waals surface area contributed by atoms with Crippen LogP contribution in [0.15, 0.2) is 24.4 Å². The molecule has 126 valence electrons. The Balaban J connectivity index is 1.68. The van der Waals surface area contributed by atoms with E-state index in [9.17, 15) is 9.59 Å². The molecule has 0 saturated carbocycles. The van der Waals surface area contributed by atoms with Crippen LogP contribution in [0.1, 0.15) is 36.7 Å². The lowest BCUT2D eigenvalue weighted by molar-refractivity contribution is -0.124. The van der Waals surface area contributed by atoms with E-state index in [2.05, 4.69) is 32.7 Å². The minimum atomic E-state index is -0.137. The van der Waals surface area contributed by atoms with Gasteiger partial charge in [0.05, 0.1) is 0 Å². The Hall–Kier alpha value is -1.60. The average Bonchev–Trinajstić information content (AvgIpc) is 2.60. The zero-order valence-corrected chi connectivity index (χ0v) is 14.3. The number of nitrogens with zero attached hydrogens (tertiary/aromatic N) is 2. The molecule has 1 aliphatic rings. The first kappa shape index (κ1) is 17.7. The van der Waals surface area contributed by atoms with Crippen LogP contribution in [0.25, 0.3) is 0 Å². The number of thiol groups is 1. The molecule has 2 amide bonds. The normalized spacial score (nSPS) is 17.5. The number of likely N-dealkylation sites (tertiary alicyclic amines) is 1. The molecule has 2 heterocycles. The Morgan fingerprint density at radius 1 is 1.39 bits per heavy atom. The summed E-state index contributed by atoms with van der Waals surface area (Å²) in [5.41, 5.74) is 0.443. The topological polar surface area (TPSA) is 74.3 Å². The predicted octanol–water partition coefficient (Wildman–Crippen LogP) is 1.26. The van der Waals surface area contributed by atoms with Gasteiger partial charge in [-0.2, -0.15) is 0 Å². The van der Waals surface area contributed by atoms with Crippen molar-refractivity contribution in [2.45, 2.75) is 32.2 Å². The number of aromatic nitrogens is 1. The van der Waals surface area contributed by atoms with Gasteiger partial charge in [-0.1, -0.05) is 18.9 Å². The van der Waals surface area contributed by atoms with Gasteiger partial charge in [-0.15, -0.1) is 0 Å². The van der Waals surface area contributed by atoms with E-state index in [4.69, 9.17) is 0 Å². The molecule has 1 unspecified atom stereocenters. The number of amides is 2. The average molecular weight is 336 g/mol. The maximum absolute atomic E-state index is 12.0. The van der Waals surface area contributed by atoms with Crippen molar-refractivity contribution in [1.29, 1.82) is 0 Å². The van der Waals surface area contributed by atoms with E-state index in [0.29, 0.717) is 5.69 Å². The van der Waals surface area contributed by atoms with Crippen molar-refractivity contribution in [3.63, 3.8) is 0 Å². The lowest BCUT2D eigenvalue weighted by Crippen LogP contribution is -2.41. The highest BCUT2D eigenvalue weighted by molar-refractivity contribution is 7.78. The number of carbonyl (C=O) groups is 2. The van der Waals surface area contributed by atoms with Crippen molar-refractivity contribution < 1.29 is 9.59 Å². The number of pyridine rings is 1. The Kier molecular flexibility index (Phi) is 6.85. The van der Waals surface area contributed by atoms with Crippen molar-refractivity contribution in [1.82, 2.24) is 19.9 Å². The lowest BCUT2D eigenvalue weighted by Gasteiger charge is -2.31. The van der Waals surface area contributed by atoms with Crippen LogP contribution in [-0.4, -0.2) is 47.4 Å². The molecule has 0 radical (unpaired) electrons. The number of nitrogens with one attached hydrogen (secondary N) is 2. The fraction of sp³-hybridized carbons (Fsp3) is 0.562. The minimum absolute atomic E-state index is 0.0176. The molecule has 6 nitrogen and oxygen atoms in total. The van der Waals surface area contributed by atoms with E-state index in [1.807, 2.05) is 6.92 Å². The molecule has 1 atom stereocenters. The second-order valence-corrected chi connectivity index (χ2v) is 6.19. The van der Waals surface area contributed by atoms with Gasteiger partial charge in [0.2, 0.25) is 5.91 Å². The molecular formula is C16H24N4O2S. The molecule has 1 fully saturated rings. The first-order chi connectivity index (χ1) is 11.1. The SMILES string of the molecule is CC(CCN1CCC(C(=O)NS)CC1)NC(=O)c1ccccn1. The first-order valence-electron chi connectivity index (χ1n) is 7.98. The third kappa shape index (κ3) is 5.51. The van der Waals surface area contributed by atoms with Crippen molar-refractivity contribution in [3.8, 4) is 0 Å². The highest BCUT2D eigenvalue weighted by Crippen LogP contribution is 2.17. The fourth-order valence-corrected chi connectivity index (χ4v) is 2.94. The summed E-state index contributed by atoms with van der Waals surface area (Å²) in [6.45, 7) is 4.74. The maximum Gasteiger partial charge on any atom is 0.270 e. The molecule has 2 N–H and O–H groups in total. The van der Waals surface area contributed by atoms with Gasteiger partial charge in [-0.3, -0.25) is 14.6 Å². The summed E-state index contributed by atoms with van der Waals surface area (Å²) >= 11 is 3.82. The van der Waals surface area contributed by atoms with Gasteiger partial charge in [0.15, 0.2) is 0 Å². The molecule has 0 aliphatic carbocycles. The molecule has 1 aliphatic heterocycles. The van der Waals surface area contributed by atoms with Crippen LogP contribution in [0.4, 0.5) is 0 Å². The maximum atomic E-state index is 12.0. The monoisotopic (exact) mass is 336 g/mol. The number of hydrogen-bond donors (Lipinski definition) is 3. The van der Waals surface area contributed by atoms with Crippen LogP contribution < -0.4 is 10.0 Å². The molecule has 1 saturated heterocycles. The number of hydrogen-bond acceptors (Lipinski definition) is 5. The van der Waals surface area contributed by atoms with E-state index in [-0.39, 0.29) is 23.8 Å². The summed E-state index contributed by atoms with van der Waals surface area (Å²) in [5, 5.41) is 2.97. The van der Waals surface area contributed by atoms with Gasteiger partial charge in [-0.25, -0.2) is 0 Å². The van der Waals surface area contributed by atoms with E-state index in [1.165, 1.54) is 0 Å². The van der Waals surface area contributed by atoms with Crippen LogP contribution in [0.5, 0.6) is 0 Å². The van der Waals surface area contributed by atoms with Crippen molar-refractivity contribution in [2.24, 2.45) is 5.92 Å². The van der Waals surface area contributed by atoms with Gasteiger partial charge in [0.1, 0.15) is 5.69 Å². The zero-order chi connectivity index (χ0) is 16.7. The van der Waals surface area contributed by atoms with Gasteiger partial charge in [-0.05, 0) is 51.4 Å². The summed E-state index contributed by atoms with van der Waals surface area (Å²) in [6.07, 6.45) is 4.22. The third-order valence-corrected chi connectivity index (χ3v) is 4.44. The summed E-state index contributed by atoms with van der Waals surface area (Å²) in [7, 11) is 0. The van der Waals surface area contributed by atoms with Crippen LogP contribution in [0, 0.1) is 5.92 Å². The largest absolute Gasteiger partial charge is 0.348 e. The van der Waals surface area contributed by atoms with Crippen molar-refractivity contribution in [2.75, 3.05) is 19.6 Å². The Morgan fingerprint density at radius 2 is 2.13 bits per heavy atom. The van der Waals surface area contributed by atoms with Gasteiger partial charge >= 0.3 is 0 Å². The molecule has 1 aromatic heterocycles. The van der Waals surface area contributed by atoms with Crippen molar-refractivity contribution in [3.05, 3.63) is 30.1 Å². The molecule has 1 aromatic rings. The van der Waals surface area contributed by atoms with Crippen LogP contribution in [-0.2, 0) is 4.79 Å². The standard InChI is InChI=1S/C16H24N4O2S/c1-12(18-16(22)14-4-2-3-8-17-14)5-9-20-10-6-13(7-11-20)15(21)19-23/h2-4,8,12-13,23H,5-7,9-11H2,1H3,(H,18,22)(H,19,21). The fourth-order valence-electron chi connectivity index (χ4n) is 2.75. The smallest absolute Gasteiger partial charge is 0.270 e. The molecule has 23 heavy (non-hydrogen) atoms.